The fourth-order valence-corrected chi connectivity index (χ4v) is 2.90. The Labute approximate surface area is 151 Å². The highest BCUT2D eigenvalue weighted by Gasteiger charge is 2.40. The molecular formula is C16H15ClF3N3O3. The van der Waals surface area contributed by atoms with Crippen LogP contribution in [0.15, 0.2) is 18.2 Å². The van der Waals surface area contributed by atoms with Gasteiger partial charge in [0.05, 0.1) is 19.4 Å². The molecule has 0 saturated heterocycles. The van der Waals surface area contributed by atoms with Crippen LogP contribution >= 0.6 is 11.6 Å². The van der Waals surface area contributed by atoms with Crippen molar-refractivity contribution in [3.05, 3.63) is 34.5 Å². The number of nitrogens with zero attached hydrogens (tertiary/aromatic N) is 2. The number of aromatic nitrogens is 2. The highest BCUT2D eigenvalue weighted by molar-refractivity contribution is 6.31. The summed E-state index contributed by atoms with van der Waals surface area (Å²) >= 11 is 5.90. The zero-order chi connectivity index (χ0) is 18.9. The van der Waals surface area contributed by atoms with Crippen LogP contribution in [-0.4, -0.2) is 29.4 Å². The Kier molecular flexibility index (Phi) is 4.99. The maximum atomic E-state index is 13.2. The molecule has 0 atom stereocenters. The molecule has 2 aromatic rings. The SMILES string of the molecule is COc1ccc(Cl)cc1NC(=O)Cn1nc(C(F)(F)F)c2c1OCCC2. The number of carbonyl (C=O) groups is 1. The fraction of sp³-hybridized carbons (Fsp3) is 0.375. The molecule has 1 aromatic carbocycles. The van der Waals surface area contributed by atoms with E-state index in [9.17, 15) is 18.0 Å². The van der Waals surface area contributed by atoms with Crippen LogP contribution in [0, 0.1) is 0 Å². The molecule has 0 bridgehead atoms. The minimum Gasteiger partial charge on any atom is -0.495 e. The highest BCUT2D eigenvalue weighted by Crippen LogP contribution is 2.38. The summed E-state index contributed by atoms with van der Waals surface area (Å²) in [6.07, 6.45) is -3.94. The van der Waals surface area contributed by atoms with E-state index < -0.39 is 24.3 Å². The molecule has 10 heteroatoms. The van der Waals surface area contributed by atoms with E-state index in [1.165, 1.54) is 13.2 Å². The molecule has 140 valence electrons. The predicted octanol–water partition coefficient (Wildman–Crippen LogP) is 3.53. The summed E-state index contributed by atoms with van der Waals surface area (Å²) in [6.45, 7) is -0.159. The van der Waals surface area contributed by atoms with Gasteiger partial charge in [-0.2, -0.15) is 18.3 Å². The number of carbonyl (C=O) groups excluding carboxylic acids is 1. The zero-order valence-electron chi connectivity index (χ0n) is 13.7. The van der Waals surface area contributed by atoms with Crippen molar-refractivity contribution in [2.24, 2.45) is 0 Å². The van der Waals surface area contributed by atoms with Crippen molar-refractivity contribution in [3.63, 3.8) is 0 Å². The number of methoxy groups -OCH3 is 1. The molecule has 0 saturated carbocycles. The van der Waals surface area contributed by atoms with Gasteiger partial charge in [0, 0.05) is 10.6 Å². The predicted molar refractivity (Wildman–Crippen MR) is 87.7 cm³/mol. The molecule has 0 fully saturated rings. The molecule has 0 spiro atoms. The first-order chi connectivity index (χ1) is 12.3. The third-order valence-corrected chi connectivity index (χ3v) is 4.04. The number of hydrogen-bond donors (Lipinski definition) is 1. The Balaban J connectivity index is 1.84. The second kappa shape index (κ2) is 7.06. The number of fused-ring (bicyclic) bond motifs is 1. The maximum absolute atomic E-state index is 13.2. The van der Waals surface area contributed by atoms with Gasteiger partial charge in [-0.1, -0.05) is 11.6 Å². The normalized spacial score (nSPS) is 13.7. The molecule has 2 heterocycles. The first-order valence-corrected chi connectivity index (χ1v) is 8.10. The van der Waals surface area contributed by atoms with Gasteiger partial charge in [0.2, 0.25) is 11.8 Å². The Hall–Kier alpha value is -2.42. The van der Waals surface area contributed by atoms with Crippen molar-refractivity contribution < 1.29 is 27.4 Å². The number of anilines is 1. The van der Waals surface area contributed by atoms with Crippen molar-refractivity contribution in [3.8, 4) is 11.6 Å². The highest BCUT2D eigenvalue weighted by atomic mass is 35.5. The number of benzene rings is 1. The van der Waals surface area contributed by atoms with Crippen molar-refractivity contribution in [2.45, 2.75) is 25.6 Å². The van der Waals surface area contributed by atoms with Crippen LogP contribution in [0.25, 0.3) is 0 Å². The van der Waals surface area contributed by atoms with Crippen LogP contribution in [0.3, 0.4) is 0 Å². The minimum atomic E-state index is -4.61. The first kappa shape index (κ1) is 18.4. The zero-order valence-corrected chi connectivity index (χ0v) is 14.4. The lowest BCUT2D eigenvalue weighted by Gasteiger charge is -2.16. The summed E-state index contributed by atoms with van der Waals surface area (Å²) in [5.74, 6) is -0.229. The molecule has 1 aliphatic rings. The van der Waals surface area contributed by atoms with E-state index in [1.807, 2.05) is 0 Å². The van der Waals surface area contributed by atoms with Crippen molar-refractivity contribution in [2.75, 3.05) is 19.0 Å². The topological polar surface area (TPSA) is 65.4 Å². The molecule has 26 heavy (non-hydrogen) atoms. The molecule has 1 aliphatic heterocycles. The average Bonchev–Trinajstić information content (AvgIpc) is 2.94. The number of hydrogen-bond acceptors (Lipinski definition) is 4. The molecule has 1 N–H and O–H groups in total. The molecule has 0 aliphatic carbocycles. The van der Waals surface area contributed by atoms with E-state index in [0.717, 1.165) is 4.68 Å². The Morgan fingerprint density at radius 2 is 2.23 bits per heavy atom. The summed E-state index contributed by atoms with van der Waals surface area (Å²) in [5, 5.41) is 6.49. The lowest BCUT2D eigenvalue weighted by molar-refractivity contribution is -0.142. The van der Waals surface area contributed by atoms with Gasteiger partial charge in [-0.25, -0.2) is 4.68 Å². The second-order valence-electron chi connectivity index (χ2n) is 5.63. The van der Waals surface area contributed by atoms with E-state index in [2.05, 4.69) is 10.4 Å². The monoisotopic (exact) mass is 389 g/mol. The van der Waals surface area contributed by atoms with Crippen LogP contribution in [0.1, 0.15) is 17.7 Å². The summed E-state index contributed by atoms with van der Waals surface area (Å²) in [6, 6.07) is 4.64. The Morgan fingerprint density at radius 3 is 2.92 bits per heavy atom. The molecule has 1 amide bonds. The van der Waals surface area contributed by atoms with E-state index in [-0.39, 0.29) is 24.5 Å². The number of nitrogens with one attached hydrogen (secondary N) is 1. The smallest absolute Gasteiger partial charge is 0.435 e. The molecule has 0 unspecified atom stereocenters. The maximum Gasteiger partial charge on any atom is 0.435 e. The summed E-state index contributed by atoms with van der Waals surface area (Å²) in [7, 11) is 1.42. The third-order valence-electron chi connectivity index (χ3n) is 3.81. The van der Waals surface area contributed by atoms with Gasteiger partial charge in [-0.3, -0.25) is 4.79 Å². The van der Waals surface area contributed by atoms with Gasteiger partial charge in [0.25, 0.3) is 0 Å². The van der Waals surface area contributed by atoms with Crippen LogP contribution < -0.4 is 14.8 Å². The number of rotatable bonds is 4. The third kappa shape index (κ3) is 3.72. The lowest BCUT2D eigenvalue weighted by Crippen LogP contribution is -2.21. The van der Waals surface area contributed by atoms with Crippen LogP contribution in [0.4, 0.5) is 18.9 Å². The van der Waals surface area contributed by atoms with E-state index in [1.54, 1.807) is 12.1 Å². The Morgan fingerprint density at radius 1 is 1.46 bits per heavy atom. The number of amides is 1. The second-order valence-corrected chi connectivity index (χ2v) is 6.07. The van der Waals surface area contributed by atoms with Gasteiger partial charge in [0.1, 0.15) is 12.3 Å². The molecular weight excluding hydrogens is 375 g/mol. The van der Waals surface area contributed by atoms with Gasteiger partial charge in [-0.05, 0) is 31.0 Å². The first-order valence-electron chi connectivity index (χ1n) is 7.72. The van der Waals surface area contributed by atoms with Crippen LogP contribution in [0.5, 0.6) is 11.6 Å². The van der Waals surface area contributed by atoms with Crippen LogP contribution in [0.2, 0.25) is 5.02 Å². The summed E-state index contributed by atoms with van der Waals surface area (Å²) in [5.41, 5.74) is -0.722. The molecule has 1 aromatic heterocycles. The standard InChI is InChI=1S/C16H15ClF3N3O3/c1-25-12-5-4-9(17)7-11(12)21-13(24)8-23-15-10(3-2-6-26-15)14(22-23)16(18,19)20/h4-5,7H,2-3,6,8H2,1H3,(H,21,24). The molecule has 3 rings (SSSR count). The largest absolute Gasteiger partial charge is 0.495 e. The summed E-state index contributed by atoms with van der Waals surface area (Å²) in [4.78, 5) is 12.3. The van der Waals surface area contributed by atoms with Crippen LogP contribution in [-0.2, 0) is 23.9 Å². The number of ether oxygens (including phenoxy) is 2. The van der Waals surface area contributed by atoms with Gasteiger partial charge >= 0.3 is 6.18 Å². The van der Waals surface area contributed by atoms with E-state index in [0.29, 0.717) is 22.9 Å². The number of halogens is 4. The minimum absolute atomic E-state index is 0.0168. The quantitative estimate of drug-likeness (QED) is 0.868. The van der Waals surface area contributed by atoms with E-state index >= 15 is 0 Å². The Bertz CT molecular complexity index is 836. The lowest BCUT2D eigenvalue weighted by atomic mass is 10.1. The van der Waals surface area contributed by atoms with E-state index in [4.69, 9.17) is 21.1 Å². The van der Waals surface area contributed by atoms with Crippen molar-refractivity contribution >= 4 is 23.2 Å². The van der Waals surface area contributed by atoms with Crippen molar-refractivity contribution in [1.29, 1.82) is 0 Å². The van der Waals surface area contributed by atoms with Gasteiger partial charge in [0.15, 0.2) is 5.69 Å². The number of alkyl halides is 3. The average molecular weight is 390 g/mol. The van der Waals surface area contributed by atoms with Gasteiger partial charge < -0.3 is 14.8 Å². The summed E-state index contributed by atoms with van der Waals surface area (Å²) < 4.78 is 50.8. The van der Waals surface area contributed by atoms with Gasteiger partial charge in [-0.15, -0.1) is 0 Å². The molecule has 0 radical (unpaired) electrons. The van der Waals surface area contributed by atoms with Crippen molar-refractivity contribution in [1.82, 2.24) is 9.78 Å². The fourth-order valence-electron chi connectivity index (χ4n) is 2.73. The molecule has 6 nitrogen and oxygen atoms in total.